The number of hydrogen-bond donors (Lipinski definition) is 1. The first-order valence-corrected chi connectivity index (χ1v) is 17.4. The zero-order valence-electron chi connectivity index (χ0n) is 28.4. The number of anilines is 1. The van der Waals surface area contributed by atoms with E-state index in [1.807, 2.05) is 65.0 Å². The van der Waals surface area contributed by atoms with E-state index in [0.717, 1.165) is 60.9 Å². The molecule has 0 saturated heterocycles. The molecule has 1 aliphatic heterocycles. The van der Waals surface area contributed by atoms with E-state index >= 15 is 4.79 Å². The third-order valence-corrected chi connectivity index (χ3v) is 10.9. The number of hydrogen-bond acceptors (Lipinski definition) is 5. The smallest absolute Gasteiger partial charge is 0.336 e. The molecule has 0 saturated carbocycles. The van der Waals surface area contributed by atoms with Gasteiger partial charge < -0.3 is 14.4 Å². The van der Waals surface area contributed by atoms with Crippen LogP contribution in [-0.4, -0.2) is 43.6 Å². The summed E-state index contributed by atoms with van der Waals surface area (Å²) < 4.78 is 8.28. The number of fused-ring (bicyclic) bond motifs is 4. The number of aromatic nitrogens is 3. The van der Waals surface area contributed by atoms with Crippen molar-refractivity contribution in [3.05, 3.63) is 117 Å². The Morgan fingerprint density at radius 2 is 1.56 bits per heavy atom. The molecule has 6 aromatic rings. The van der Waals surface area contributed by atoms with Gasteiger partial charge in [-0.3, -0.25) is 9.69 Å². The number of nitrogens with zero attached hydrogens (tertiary/aromatic N) is 4. The van der Waals surface area contributed by atoms with Gasteiger partial charge >= 0.3 is 5.97 Å². The van der Waals surface area contributed by atoms with E-state index in [4.69, 9.17) is 27.9 Å². The molecule has 0 fully saturated rings. The molecule has 1 N–H and O–H groups in total. The molecule has 50 heavy (non-hydrogen) atoms. The summed E-state index contributed by atoms with van der Waals surface area (Å²) in [6.07, 6.45) is 2.77. The molecule has 1 amide bonds. The second-order valence-electron chi connectivity index (χ2n) is 12.9. The summed E-state index contributed by atoms with van der Waals surface area (Å²) in [5, 5.41) is 12.8. The van der Waals surface area contributed by atoms with Crippen LogP contribution in [0.15, 0.2) is 73.1 Å². The Labute approximate surface area is 300 Å². The van der Waals surface area contributed by atoms with Gasteiger partial charge in [0.05, 0.1) is 29.4 Å². The number of carboxylic acid groups (broad SMARTS) is 1. The summed E-state index contributed by atoms with van der Waals surface area (Å²) in [5.74, 6) is -0.538. The number of rotatable bonds is 8. The average Bonchev–Trinajstić information content (AvgIpc) is 3.43. The molecular formula is C40H36Cl2N4O4. The van der Waals surface area contributed by atoms with E-state index in [0.29, 0.717) is 41.6 Å². The Kier molecular flexibility index (Phi) is 8.78. The van der Waals surface area contributed by atoms with Gasteiger partial charge in [0.25, 0.3) is 5.91 Å². The Morgan fingerprint density at radius 1 is 0.920 bits per heavy atom. The first kappa shape index (κ1) is 33.6. The van der Waals surface area contributed by atoms with Gasteiger partial charge in [0.2, 0.25) is 0 Å². The van der Waals surface area contributed by atoms with Crippen molar-refractivity contribution in [2.24, 2.45) is 0 Å². The molecule has 3 heterocycles. The van der Waals surface area contributed by atoms with Crippen molar-refractivity contribution in [1.29, 1.82) is 0 Å². The Morgan fingerprint density at radius 3 is 2.26 bits per heavy atom. The van der Waals surface area contributed by atoms with Crippen LogP contribution in [-0.2, 0) is 6.42 Å². The molecule has 2 aromatic heterocycles. The van der Waals surface area contributed by atoms with Crippen LogP contribution >= 0.6 is 23.2 Å². The lowest BCUT2D eigenvalue weighted by Crippen LogP contribution is -2.48. The van der Waals surface area contributed by atoms with Crippen molar-refractivity contribution in [3.8, 4) is 16.9 Å². The zero-order chi connectivity index (χ0) is 35.4. The number of alkyl halides is 1. The van der Waals surface area contributed by atoms with Gasteiger partial charge in [0.15, 0.2) is 0 Å². The van der Waals surface area contributed by atoms with E-state index in [2.05, 4.69) is 26.7 Å². The maximum Gasteiger partial charge on any atom is 0.336 e. The normalized spacial score (nSPS) is 15.9. The van der Waals surface area contributed by atoms with Gasteiger partial charge in [-0.25, -0.2) is 14.8 Å². The molecule has 4 aromatic carbocycles. The summed E-state index contributed by atoms with van der Waals surface area (Å²) in [6, 6.07) is 20.1. The van der Waals surface area contributed by atoms with Crippen molar-refractivity contribution < 1.29 is 19.4 Å². The van der Waals surface area contributed by atoms with Gasteiger partial charge in [-0.05, 0) is 93.8 Å². The summed E-state index contributed by atoms with van der Waals surface area (Å²) in [5.41, 5.74) is 7.74. The largest absolute Gasteiger partial charge is 0.494 e. The van der Waals surface area contributed by atoms with Crippen LogP contribution in [0.1, 0.15) is 68.3 Å². The first-order chi connectivity index (χ1) is 24.0. The number of amides is 1. The third kappa shape index (κ3) is 5.47. The highest BCUT2D eigenvalue weighted by molar-refractivity contribution is 6.32. The molecule has 7 rings (SSSR count). The zero-order valence-corrected chi connectivity index (χ0v) is 29.9. The van der Waals surface area contributed by atoms with E-state index in [9.17, 15) is 9.90 Å². The maximum absolute atomic E-state index is 15.0. The number of carboxylic acids is 1. The molecular weight excluding hydrogens is 671 g/mol. The van der Waals surface area contributed by atoms with E-state index < -0.39 is 11.5 Å². The molecule has 254 valence electrons. The monoisotopic (exact) mass is 706 g/mol. The SMILES string of the molecule is Cc1cc(OCCCc2c3n(c4c(-c5c(C)ncnc5C)cccc24)[C@H](C)C(Cl)N(c2cccc4c(C(=O)O)cccc24)C3=O)cc(C)c1Cl. The summed E-state index contributed by atoms with van der Waals surface area (Å²) in [6.45, 7) is 10.3. The van der Waals surface area contributed by atoms with Crippen LogP contribution in [0.2, 0.25) is 5.02 Å². The summed E-state index contributed by atoms with van der Waals surface area (Å²) >= 11 is 13.7. The summed E-state index contributed by atoms with van der Waals surface area (Å²) in [4.78, 5) is 37.8. The molecule has 0 aliphatic carbocycles. The Balaban J connectivity index is 1.38. The minimum atomic E-state index is -1.04. The van der Waals surface area contributed by atoms with Crippen LogP contribution in [0, 0.1) is 27.7 Å². The van der Waals surface area contributed by atoms with Crippen LogP contribution in [0.25, 0.3) is 32.8 Å². The Hall–Kier alpha value is -4.92. The first-order valence-electron chi connectivity index (χ1n) is 16.6. The predicted octanol–water partition coefficient (Wildman–Crippen LogP) is 9.63. The van der Waals surface area contributed by atoms with Gasteiger partial charge in [-0.1, -0.05) is 65.7 Å². The third-order valence-electron chi connectivity index (χ3n) is 9.74. The molecule has 1 aliphatic rings. The number of carbonyl (C=O) groups excluding carboxylic acids is 1. The quantitative estimate of drug-likeness (QED) is 0.0962. The van der Waals surface area contributed by atoms with Crippen molar-refractivity contribution in [2.45, 2.75) is 59.0 Å². The topological polar surface area (TPSA) is 97.6 Å². The second kappa shape index (κ2) is 13.1. The number of carbonyl (C=O) groups is 2. The lowest BCUT2D eigenvalue weighted by atomic mass is 9.98. The number of para-hydroxylation sites is 1. The maximum atomic E-state index is 15.0. The molecule has 1 unspecified atom stereocenters. The molecule has 0 bridgehead atoms. The van der Waals surface area contributed by atoms with Gasteiger partial charge in [0.1, 0.15) is 23.3 Å². The number of aryl methyl sites for hydroxylation is 5. The van der Waals surface area contributed by atoms with Crippen molar-refractivity contribution in [2.75, 3.05) is 11.5 Å². The standard InChI is InChI=1S/C40H36Cl2N4O4/c1-21-18-26(19-22(2)35(21)41)50-17-9-15-30-29-12-7-14-32(34-23(3)43-20-44-24(34)4)36(29)45-25(5)38(42)46(39(47)37(30)45)33-16-8-10-27-28(33)11-6-13-31(27)40(48)49/h6-8,10-14,16,18-20,25,38H,9,15,17H2,1-5H3,(H,48,49)/t25-,38?/m1/s1. The van der Waals surface area contributed by atoms with Gasteiger partial charge in [-0.15, -0.1) is 0 Å². The molecule has 8 nitrogen and oxygen atoms in total. The fourth-order valence-electron chi connectivity index (χ4n) is 7.43. The van der Waals surface area contributed by atoms with Crippen molar-refractivity contribution in [3.63, 3.8) is 0 Å². The van der Waals surface area contributed by atoms with Gasteiger partial charge in [-0.2, -0.15) is 0 Å². The molecule has 2 atom stereocenters. The van der Waals surface area contributed by atoms with Gasteiger partial charge in [0, 0.05) is 38.3 Å². The highest BCUT2D eigenvalue weighted by Gasteiger charge is 2.42. The van der Waals surface area contributed by atoms with E-state index in [1.165, 1.54) is 0 Å². The fourth-order valence-corrected chi connectivity index (χ4v) is 7.85. The van der Waals surface area contributed by atoms with Crippen LogP contribution in [0.3, 0.4) is 0 Å². The lowest BCUT2D eigenvalue weighted by Gasteiger charge is -2.39. The van der Waals surface area contributed by atoms with E-state index in [-0.39, 0.29) is 17.5 Å². The number of ether oxygens (including phenoxy) is 1. The fraction of sp³-hybridized carbons (Fsp3) is 0.250. The Bertz CT molecular complexity index is 2310. The second-order valence-corrected chi connectivity index (χ2v) is 13.7. The predicted molar refractivity (Wildman–Crippen MR) is 199 cm³/mol. The average molecular weight is 708 g/mol. The van der Waals surface area contributed by atoms with Crippen molar-refractivity contribution >= 4 is 62.4 Å². The number of aromatic carboxylic acids is 1. The summed E-state index contributed by atoms with van der Waals surface area (Å²) in [7, 11) is 0. The van der Waals surface area contributed by atoms with Crippen LogP contribution < -0.4 is 9.64 Å². The number of halogens is 2. The number of benzene rings is 4. The minimum absolute atomic E-state index is 0.161. The van der Waals surface area contributed by atoms with Crippen molar-refractivity contribution in [1.82, 2.24) is 14.5 Å². The highest BCUT2D eigenvalue weighted by atomic mass is 35.5. The molecule has 0 spiro atoms. The van der Waals surface area contributed by atoms with Crippen LogP contribution in [0.4, 0.5) is 5.69 Å². The lowest BCUT2D eigenvalue weighted by molar-refractivity contribution is 0.0698. The molecule has 0 radical (unpaired) electrons. The van der Waals surface area contributed by atoms with E-state index in [1.54, 1.807) is 35.5 Å². The molecule has 10 heteroatoms. The highest BCUT2D eigenvalue weighted by Crippen LogP contribution is 2.45. The van der Waals surface area contributed by atoms with Crippen LogP contribution in [0.5, 0.6) is 5.75 Å². The minimum Gasteiger partial charge on any atom is -0.494 e.